The number of halogens is 3. The molecule has 1 aliphatic rings. The van der Waals surface area contributed by atoms with Crippen LogP contribution in [0.5, 0.6) is 11.5 Å². The van der Waals surface area contributed by atoms with E-state index in [1.807, 2.05) is 0 Å². The lowest BCUT2D eigenvalue weighted by atomic mass is 10.2. The minimum Gasteiger partial charge on any atom is -0.481 e. The number of benzene rings is 1. The summed E-state index contributed by atoms with van der Waals surface area (Å²) in [5.41, 5.74) is -0.123. The van der Waals surface area contributed by atoms with Crippen LogP contribution >= 0.6 is 0 Å². The van der Waals surface area contributed by atoms with Gasteiger partial charge in [-0.15, -0.1) is 18.2 Å². The molecule has 0 aromatic heterocycles. The Balaban J connectivity index is 2.28. The standard InChI is InChI=1S/C13H12F3NO5/c1-2-3-12(19)22-17-9-6-8(21-13(14,15)16)4-5-10(9)20-7-11(17)18/h4-6H,2-3,7H2,1H3. The number of fused-ring (bicyclic) bond motifs is 1. The lowest BCUT2D eigenvalue weighted by Gasteiger charge is -2.27. The van der Waals surface area contributed by atoms with Crippen molar-refractivity contribution >= 4 is 17.6 Å². The smallest absolute Gasteiger partial charge is 0.481 e. The van der Waals surface area contributed by atoms with Crippen molar-refractivity contribution in [1.82, 2.24) is 0 Å². The second-order valence-corrected chi connectivity index (χ2v) is 4.37. The molecule has 0 bridgehead atoms. The Hall–Kier alpha value is -2.45. The number of hydrogen-bond donors (Lipinski definition) is 0. The zero-order valence-electron chi connectivity index (χ0n) is 11.5. The summed E-state index contributed by atoms with van der Waals surface area (Å²) < 4.78 is 45.6. The molecule has 1 heterocycles. The number of carbonyl (C=O) groups excluding carboxylic acids is 2. The first-order valence-corrected chi connectivity index (χ1v) is 6.36. The summed E-state index contributed by atoms with van der Waals surface area (Å²) in [6, 6.07) is 3.15. The maximum absolute atomic E-state index is 12.2. The van der Waals surface area contributed by atoms with Crippen molar-refractivity contribution in [3.8, 4) is 11.5 Å². The third-order valence-electron chi connectivity index (χ3n) is 2.61. The number of ether oxygens (including phenoxy) is 2. The third-order valence-corrected chi connectivity index (χ3v) is 2.61. The van der Waals surface area contributed by atoms with E-state index < -0.39 is 24.0 Å². The monoisotopic (exact) mass is 319 g/mol. The minimum absolute atomic E-state index is 0.0682. The van der Waals surface area contributed by atoms with Crippen LogP contribution in [-0.2, 0) is 14.4 Å². The van der Waals surface area contributed by atoms with Gasteiger partial charge < -0.3 is 14.3 Å². The molecule has 0 saturated heterocycles. The van der Waals surface area contributed by atoms with E-state index in [2.05, 4.69) is 4.74 Å². The van der Waals surface area contributed by atoms with Gasteiger partial charge in [-0.05, 0) is 18.6 Å². The molecule has 1 aliphatic heterocycles. The van der Waals surface area contributed by atoms with Gasteiger partial charge in [0.2, 0.25) is 0 Å². The van der Waals surface area contributed by atoms with Crippen LogP contribution in [0.15, 0.2) is 18.2 Å². The molecule has 1 aromatic carbocycles. The van der Waals surface area contributed by atoms with E-state index in [0.717, 1.165) is 12.1 Å². The van der Waals surface area contributed by atoms with Gasteiger partial charge in [0.15, 0.2) is 6.61 Å². The van der Waals surface area contributed by atoms with E-state index in [0.29, 0.717) is 11.5 Å². The van der Waals surface area contributed by atoms with Crippen LogP contribution in [0.4, 0.5) is 18.9 Å². The Morgan fingerprint density at radius 3 is 2.77 bits per heavy atom. The van der Waals surface area contributed by atoms with Gasteiger partial charge in [0.25, 0.3) is 5.91 Å². The molecule has 1 aromatic rings. The van der Waals surface area contributed by atoms with Crippen LogP contribution in [0.1, 0.15) is 19.8 Å². The quantitative estimate of drug-likeness (QED) is 0.853. The summed E-state index contributed by atoms with van der Waals surface area (Å²) in [4.78, 5) is 28.1. The average molecular weight is 319 g/mol. The van der Waals surface area contributed by atoms with Gasteiger partial charge in [0.05, 0.1) is 0 Å². The second-order valence-electron chi connectivity index (χ2n) is 4.37. The minimum atomic E-state index is -4.88. The molecule has 0 fully saturated rings. The van der Waals surface area contributed by atoms with Gasteiger partial charge in [-0.2, -0.15) is 0 Å². The first-order valence-electron chi connectivity index (χ1n) is 6.36. The molecule has 0 saturated carbocycles. The zero-order valence-corrected chi connectivity index (χ0v) is 11.5. The number of carbonyl (C=O) groups is 2. The van der Waals surface area contributed by atoms with E-state index >= 15 is 0 Å². The fourth-order valence-corrected chi connectivity index (χ4v) is 1.76. The molecule has 0 N–H and O–H groups in total. The molecule has 0 unspecified atom stereocenters. The molecule has 6 nitrogen and oxygen atoms in total. The molecule has 120 valence electrons. The number of hydroxylamine groups is 1. The van der Waals surface area contributed by atoms with Crippen LogP contribution in [0.2, 0.25) is 0 Å². The summed E-state index contributed by atoms with van der Waals surface area (Å²) in [5.74, 6) is -1.83. The van der Waals surface area contributed by atoms with Crippen molar-refractivity contribution in [3.63, 3.8) is 0 Å². The van der Waals surface area contributed by atoms with Crippen LogP contribution in [-0.4, -0.2) is 24.8 Å². The van der Waals surface area contributed by atoms with Crippen molar-refractivity contribution in [3.05, 3.63) is 18.2 Å². The molecular formula is C13H12F3NO5. The molecule has 0 spiro atoms. The van der Waals surface area contributed by atoms with Crippen LogP contribution < -0.4 is 14.5 Å². The lowest BCUT2D eigenvalue weighted by molar-refractivity contribution is -0.274. The highest BCUT2D eigenvalue weighted by Gasteiger charge is 2.34. The molecule has 0 atom stereocenters. The summed E-state index contributed by atoms with van der Waals surface area (Å²) in [5, 5.41) is 0.625. The predicted octanol–water partition coefficient (Wildman–Crippen LogP) is 2.57. The summed E-state index contributed by atoms with van der Waals surface area (Å²) >= 11 is 0. The normalized spacial score (nSPS) is 14.2. The van der Waals surface area contributed by atoms with Gasteiger partial charge in [-0.25, -0.2) is 4.79 Å². The number of nitrogens with zero attached hydrogens (tertiary/aromatic N) is 1. The van der Waals surface area contributed by atoms with E-state index in [1.54, 1.807) is 6.92 Å². The van der Waals surface area contributed by atoms with E-state index in [9.17, 15) is 22.8 Å². The van der Waals surface area contributed by atoms with Gasteiger partial charge in [0.1, 0.15) is 17.2 Å². The van der Waals surface area contributed by atoms with E-state index in [-0.39, 0.29) is 24.5 Å². The van der Waals surface area contributed by atoms with Gasteiger partial charge >= 0.3 is 12.3 Å². The first kappa shape index (κ1) is 15.9. The molecule has 22 heavy (non-hydrogen) atoms. The molecule has 9 heteroatoms. The Bertz CT molecular complexity index is 588. The molecule has 2 rings (SSSR count). The fourth-order valence-electron chi connectivity index (χ4n) is 1.76. The van der Waals surface area contributed by atoms with Crippen molar-refractivity contribution in [2.24, 2.45) is 0 Å². The fraction of sp³-hybridized carbons (Fsp3) is 0.385. The van der Waals surface area contributed by atoms with Gasteiger partial charge in [-0.3, -0.25) is 4.79 Å². The number of hydrogen-bond acceptors (Lipinski definition) is 5. The maximum atomic E-state index is 12.2. The highest BCUT2D eigenvalue weighted by molar-refractivity contribution is 5.97. The van der Waals surface area contributed by atoms with Crippen LogP contribution in [0, 0.1) is 0 Å². The predicted molar refractivity (Wildman–Crippen MR) is 67.1 cm³/mol. The molecule has 1 amide bonds. The van der Waals surface area contributed by atoms with Crippen molar-refractivity contribution in [2.45, 2.75) is 26.1 Å². The van der Waals surface area contributed by atoms with Crippen molar-refractivity contribution in [1.29, 1.82) is 0 Å². The summed E-state index contributed by atoms with van der Waals surface area (Å²) in [7, 11) is 0. The summed E-state index contributed by atoms with van der Waals surface area (Å²) in [6.45, 7) is 1.36. The number of anilines is 1. The molecule has 0 aliphatic carbocycles. The van der Waals surface area contributed by atoms with E-state index in [1.165, 1.54) is 6.07 Å². The SMILES string of the molecule is CCCC(=O)ON1C(=O)COc2ccc(OC(F)(F)F)cc21. The number of amides is 1. The first-order chi connectivity index (χ1) is 10.3. The Kier molecular flexibility index (Phi) is 4.43. The number of rotatable bonds is 4. The third kappa shape index (κ3) is 3.80. The van der Waals surface area contributed by atoms with Crippen LogP contribution in [0.3, 0.4) is 0 Å². The zero-order chi connectivity index (χ0) is 16.3. The lowest BCUT2D eigenvalue weighted by Crippen LogP contribution is -2.40. The largest absolute Gasteiger partial charge is 0.573 e. The van der Waals surface area contributed by atoms with Gasteiger partial charge in [0, 0.05) is 12.5 Å². The van der Waals surface area contributed by atoms with Gasteiger partial charge in [-0.1, -0.05) is 6.92 Å². The van der Waals surface area contributed by atoms with Crippen molar-refractivity contribution in [2.75, 3.05) is 11.7 Å². The number of alkyl halides is 3. The summed E-state index contributed by atoms with van der Waals surface area (Å²) in [6.07, 6.45) is -4.31. The average Bonchev–Trinajstić information content (AvgIpc) is 2.41. The highest BCUT2D eigenvalue weighted by Crippen LogP contribution is 2.37. The van der Waals surface area contributed by atoms with Crippen LogP contribution in [0.25, 0.3) is 0 Å². The second kappa shape index (κ2) is 6.12. The maximum Gasteiger partial charge on any atom is 0.573 e. The highest BCUT2D eigenvalue weighted by atomic mass is 19.4. The molecular weight excluding hydrogens is 307 g/mol. The topological polar surface area (TPSA) is 65.1 Å². The van der Waals surface area contributed by atoms with E-state index in [4.69, 9.17) is 9.57 Å². The Morgan fingerprint density at radius 1 is 1.41 bits per heavy atom. The molecule has 0 radical (unpaired) electrons. The van der Waals surface area contributed by atoms with Crippen molar-refractivity contribution < 1.29 is 37.1 Å². The Labute approximate surface area is 123 Å². The Morgan fingerprint density at radius 2 is 2.14 bits per heavy atom.